The maximum absolute atomic E-state index is 12.3. The Morgan fingerprint density at radius 3 is 2.73 bits per heavy atom. The van der Waals surface area contributed by atoms with Crippen molar-refractivity contribution in [1.29, 1.82) is 0 Å². The third kappa shape index (κ3) is 2.92. The van der Waals surface area contributed by atoms with Crippen molar-refractivity contribution in [3.05, 3.63) is 24.1 Å². The number of aromatic nitrogens is 1. The SMILES string of the molecule is CC1(NC(=O)c2nc3cc(O)ccc3o2)CCS(=O)(=O)CC1. The first-order valence-corrected chi connectivity index (χ1v) is 8.71. The van der Waals surface area contributed by atoms with Crippen LogP contribution in [0.4, 0.5) is 0 Å². The molecular weight excluding hydrogens is 308 g/mol. The highest BCUT2D eigenvalue weighted by molar-refractivity contribution is 7.91. The van der Waals surface area contributed by atoms with Crippen LogP contribution >= 0.6 is 0 Å². The van der Waals surface area contributed by atoms with Gasteiger partial charge in [-0.2, -0.15) is 0 Å². The Morgan fingerprint density at radius 1 is 1.36 bits per heavy atom. The van der Waals surface area contributed by atoms with Crippen LogP contribution in [0.3, 0.4) is 0 Å². The summed E-state index contributed by atoms with van der Waals surface area (Å²) in [4.78, 5) is 16.3. The number of fused-ring (bicyclic) bond motifs is 1. The van der Waals surface area contributed by atoms with E-state index in [1.165, 1.54) is 18.2 Å². The fourth-order valence-electron chi connectivity index (χ4n) is 2.45. The first kappa shape index (κ1) is 14.8. The summed E-state index contributed by atoms with van der Waals surface area (Å²) in [5, 5.41) is 12.2. The van der Waals surface area contributed by atoms with Gasteiger partial charge in [-0.3, -0.25) is 4.79 Å². The Balaban J connectivity index is 1.78. The lowest BCUT2D eigenvalue weighted by atomic mass is 9.95. The summed E-state index contributed by atoms with van der Waals surface area (Å²) in [7, 11) is -3.00. The summed E-state index contributed by atoms with van der Waals surface area (Å²) in [6, 6.07) is 4.39. The van der Waals surface area contributed by atoms with Crippen molar-refractivity contribution in [3.8, 4) is 5.75 Å². The second-order valence-electron chi connectivity index (χ2n) is 5.84. The largest absolute Gasteiger partial charge is 0.508 e. The van der Waals surface area contributed by atoms with E-state index in [-0.39, 0.29) is 23.1 Å². The topological polar surface area (TPSA) is 110 Å². The highest BCUT2D eigenvalue weighted by Gasteiger charge is 2.35. The van der Waals surface area contributed by atoms with Gasteiger partial charge in [0.15, 0.2) is 5.58 Å². The molecule has 2 heterocycles. The number of carbonyl (C=O) groups is 1. The highest BCUT2D eigenvalue weighted by atomic mass is 32.2. The van der Waals surface area contributed by atoms with Crippen LogP contribution in [0.15, 0.2) is 22.6 Å². The molecule has 0 aliphatic carbocycles. The quantitative estimate of drug-likeness (QED) is 0.860. The number of aromatic hydroxyl groups is 1. The van der Waals surface area contributed by atoms with Crippen LogP contribution in [-0.4, -0.2) is 41.5 Å². The van der Waals surface area contributed by atoms with Gasteiger partial charge in [0.1, 0.15) is 21.1 Å². The molecule has 0 spiro atoms. The fourth-order valence-corrected chi connectivity index (χ4v) is 4.18. The number of rotatable bonds is 2. The van der Waals surface area contributed by atoms with E-state index in [0.29, 0.717) is 23.9 Å². The minimum absolute atomic E-state index is 0.0391. The van der Waals surface area contributed by atoms with Gasteiger partial charge in [-0.1, -0.05) is 0 Å². The molecule has 118 valence electrons. The lowest BCUT2D eigenvalue weighted by molar-refractivity contribution is 0.0866. The van der Waals surface area contributed by atoms with Crippen LogP contribution in [0, 0.1) is 0 Å². The van der Waals surface area contributed by atoms with E-state index in [1.54, 1.807) is 0 Å². The third-order valence-electron chi connectivity index (χ3n) is 3.91. The molecule has 7 nitrogen and oxygen atoms in total. The maximum Gasteiger partial charge on any atom is 0.307 e. The van der Waals surface area contributed by atoms with E-state index >= 15 is 0 Å². The van der Waals surface area contributed by atoms with Gasteiger partial charge in [-0.05, 0) is 31.9 Å². The molecule has 0 atom stereocenters. The average molecular weight is 324 g/mol. The minimum Gasteiger partial charge on any atom is -0.508 e. The van der Waals surface area contributed by atoms with Crippen molar-refractivity contribution >= 4 is 26.8 Å². The molecule has 2 aromatic rings. The van der Waals surface area contributed by atoms with Crippen LogP contribution in [0.5, 0.6) is 5.75 Å². The number of hydrogen-bond donors (Lipinski definition) is 2. The summed E-state index contributed by atoms with van der Waals surface area (Å²) in [5.41, 5.74) is 0.200. The van der Waals surface area contributed by atoms with Gasteiger partial charge < -0.3 is 14.8 Å². The minimum atomic E-state index is -3.00. The zero-order valence-electron chi connectivity index (χ0n) is 12.0. The number of hydrogen-bond acceptors (Lipinski definition) is 6. The van der Waals surface area contributed by atoms with E-state index < -0.39 is 21.3 Å². The molecule has 1 fully saturated rings. The second-order valence-corrected chi connectivity index (χ2v) is 8.14. The molecule has 8 heteroatoms. The standard InChI is InChI=1S/C14H16N2O5S/c1-14(4-6-22(19,20)7-5-14)16-12(18)13-15-10-8-9(17)2-3-11(10)21-13/h2-3,8,17H,4-7H2,1H3,(H,16,18). The molecule has 1 saturated heterocycles. The van der Waals surface area contributed by atoms with Gasteiger partial charge in [0.25, 0.3) is 5.89 Å². The molecule has 0 unspecified atom stereocenters. The van der Waals surface area contributed by atoms with Gasteiger partial charge in [0.2, 0.25) is 0 Å². The van der Waals surface area contributed by atoms with Gasteiger partial charge in [0, 0.05) is 11.6 Å². The van der Waals surface area contributed by atoms with Crippen molar-refractivity contribution in [2.45, 2.75) is 25.3 Å². The lowest BCUT2D eigenvalue weighted by Crippen LogP contribution is -2.51. The molecule has 3 rings (SSSR count). The number of benzene rings is 1. The molecule has 22 heavy (non-hydrogen) atoms. The number of nitrogens with one attached hydrogen (secondary N) is 1. The van der Waals surface area contributed by atoms with E-state index in [2.05, 4.69) is 10.3 Å². The first-order valence-electron chi connectivity index (χ1n) is 6.89. The summed E-state index contributed by atoms with van der Waals surface area (Å²) < 4.78 is 28.3. The Morgan fingerprint density at radius 2 is 2.05 bits per heavy atom. The monoisotopic (exact) mass is 324 g/mol. The van der Waals surface area contributed by atoms with Crippen molar-refractivity contribution in [1.82, 2.24) is 10.3 Å². The highest BCUT2D eigenvalue weighted by Crippen LogP contribution is 2.25. The number of phenolic OH excluding ortho intramolecular Hbond substituents is 1. The maximum atomic E-state index is 12.3. The predicted octanol–water partition coefficient (Wildman–Crippen LogP) is 1.23. The van der Waals surface area contributed by atoms with Gasteiger partial charge in [-0.15, -0.1) is 0 Å². The average Bonchev–Trinajstić information content (AvgIpc) is 2.86. The van der Waals surface area contributed by atoms with Crippen LogP contribution in [-0.2, 0) is 9.84 Å². The normalized spacial score (nSPS) is 19.9. The Hall–Kier alpha value is -2.09. The summed E-state index contributed by atoms with van der Waals surface area (Å²) in [5.74, 6) is -0.430. The lowest BCUT2D eigenvalue weighted by Gasteiger charge is -2.33. The molecule has 1 aliphatic heterocycles. The summed E-state index contributed by atoms with van der Waals surface area (Å²) >= 11 is 0. The molecule has 1 aromatic carbocycles. The molecule has 1 amide bonds. The van der Waals surface area contributed by atoms with E-state index in [4.69, 9.17) is 4.42 Å². The zero-order chi connectivity index (χ0) is 16.0. The number of nitrogens with zero attached hydrogens (tertiary/aromatic N) is 1. The Labute approximate surface area is 127 Å². The van der Waals surface area contributed by atoms with Crippen molar-refractivity contribution in [2.75, 3.05) is 11.5 Å². The van der Waals surface area contributed by atoms with Crippen LogP contribution in [0.1, 0.15) is 30.5 Å². The number of phenols is 1. The molecular formula is C14H16N2O5S. The number of amides is 1. The van der Waals surface area contributed by atoms with Crippen LogP contribution in [0.25, 0.3) is 11.1 Å². The fraction of sp³-hybridized carbons (Fsp3) is 0.429. The van der Waals surface area contributed by atoms with Crippen molar-refractivity contribution in [3.63, 3.8) is 0 Å². The Bertz CT molecular complexity index is 826. The van der Waals surface area contributed by atoms with Gasteiger partial charge in [-0.25, -0.2) is 13.4 Å². The summed E-state index contributed by atoms with van der Waals surface area (Å²) in [6.45, 7) is 1.81. The van der Waals surface area contributed by atoms with Crippen LogP contribution in [0.2, 0.25) is 0 Å². The van der Waals surface area contributed by atoms with E-state index in [1.807, 2.05) is 6.92 Å². The first-order chi connectivity index (χ1) is 10.3. The third-order valence-corrected chi connectivity index (χ3v) is 5.56. The number of carbonyl (C=O) groups excluding carboxylic acids is 1. The van der Waals surface area contributed by atoms with E-state index in [9.17, 15) is 18.3 Å². The molecule has 1 aromatic heterocycles. The number of oxazole rings is 1. The second kappa shape index (κ2) is 4.98. The molecule has 1 aliphatic rings. The van der Waals surface area contributed by atoms with Crippen molar-refractivity contribution < 1.29 is 22.7 Å². The smallest absolute Gasteiger partial charge is 0.307 e. The predicted molar refractivity (Wildman–Crippen MR) is 79.4 cm³/mol. The molecule has 2 N–H and O–H groups in total. The van der Waals surface area contributed by atoms with E-state index in [0.717, 1.165) is 0 Å². The molecule has 0 saturated carbocycles. The zero-order valence-corrected chi connectivity index (χ0v) is 12.8. The van der Waals surface area contributed by atoms with Crippen LogP contribution < -0.4 is 5.32 Å². The molecule has 0 radical (unpaired) electrons. The Kier molecular flexibility index (Phi) is 3.36. The van der Waals surface area contributed by atoms with Gasteiger partial charge >= 0.3 is 5.91 Å². The van der Waals surface area contributed by atoms with Gasteiger partial charge in [0.05, 0.1) is 11.5 Å². The number of sulfone groups is 1. The van der Waals surface area contributed by atoms with Crippen molar-refractivity contribution in [2.24, 2.45) is 0 Å². The summed E-state index contributed by atoms with van der Waals surface area (Å²) in [6.07, 6.45) is 0.726. The molecule has 0 bridgehead atoms.